The third-order valence-electron chi connectivity index (χ3n) is 4.25. The van der Waals surface area contributed by atoms with Crippen molar-refractivity contribution in [2.75, 3.05) is 44.6 Å². The van der Waals surface area contributed by atoms with Crippen molar-refractivity contribution in [3.05, 3.63) is 29.3 Å². The smallest absolute Gasteiger partial charge is 0.0426 e. The molecular formula is C15H22ClN3. The van der Waals surface area contributed by atoms with Gasteiger partial charge in [-0.1, -0.05) is 17.7 Å². The molecule has 2 aliphatic heterocycles. The predicted octanol–water partition coefficient (Wildman–Crippen LogP) is 2.53. The highest BCUT2D eigenvalue weighted by Crippen LogP contribution is 2.21. The maximum atomic E-state index is 5.98. The number of benzene rings is 1. The summed E-state index contributed by atoms with van der Waals surface area (Å²) in [6.45, 7) is 7.15. The van der Waals surface area contributed by atoms with E-state index in [2.05, 4.69) is 21.2 Å². The Balaban J connectivity index is 1.43. The Labute approximate surface area is 120 Å². The van der Waals surface area contributed by atoms with Crippen LogP contribution in [0.1, 0.15) is 12.8 Å². The molecular weight excluding hydrogens is 258 g/mol. The predicted molar refractivity (Wildman–Crippen MR) is 81.0 cm³/mol. The van der Waals surface area contributed by atoms with Crippen LogP contribution in [0, 0.1) is 0 Å². The molecule has 19 heavy (non-hydrogen) atoms. The largest absolute Gasteiger partial charge is 0.384 e. The first-order valence-electron chi connectivity index (χ1n) is 7.27. The van der Waals surface area contributed by atoms with Gasteiger partial charge in [-0.2, -0.15) is 0 Å². The molecule has 0 aromatic heterocycles. The first kappa shape index (κ1) is 13.2. The average Bonchev–Trinajstić information content (AvgIpc) is 2.86. The molecule has 1 aromatic rings. The normalized spacial score (nSPS) is 24.4. The number of fused-ring (bicyclic) bond motifs is 1. The highest BCUT2D eigenvalue weighted by molar-refractivity contribution is 6.30. The molecule has 2 saturated heterocycles. The van der Waals surface area contributed by atoms with E-state index in [1.165, 1.54) is 39.0 Å². The summed E-state index contributed by atoms with van der Waals surface area (Å²) in [5.41, 5.74) is 1.12. The van der Waals surface area contributed by atoms with Crippen LogP contribution in [0.5, 0.6) is 0 Å². The molecule has 3 rings (SSSR count). The van der Waals surface area contributed by atoms with Gasteiger partial charge in [0.25, 0.3) is 0 Å². The molecule has 3 nitrogen and oxygen atoms in total. The van der Waals surface area contributed by atoms with Crippen molar-refractivity contribution in [2.24, 2.45) is 0 Å². The molecule has 0 amide bonds. The summed E-state index contributed by atoms with van der Waals surface area (Å²) in [4.78, 5) is 5.24. The molecule has 2 aliphatic rings. The van der Waals surface area contributed by atoms with Gasteiger partial charge >= 0.3 is 0 Å². The van der Waals surface area contributed by atoms with Gasteiger partial charge in [0.05, 0.1) is 0 Å². The van der Waals surface area contributed by atoms with Crippen LogP contribution in [0.2, 0.25) is 5.02 Å². The minimum Gasteiger partial charge on any atom is -0.384 e. The van der Waals surface area contributed by atoms with E-state index in [1.807, 2.05) is 18.2 Å². The summed E-state index contributed by atoms with van der Waals surface area (Å²) in [5, 5.41) is 4.25. The van der Waals surface area contributed by atoms with Crippen molar-refractivity contribution in [1.82, 2.24) is 9.80 Å². The fourth-order valence-corrected chi connectivity index (χ4v) is 3.41. The lowest BCUT2D eigenvalue weighted by atomic mass is 10.1. The van der Waals surface area contributed by atoms with Crippen LogP contribution in [0.3, 0.4) is 0 Å². The van der Waals surface area contributed by atoms with E-state index in [-0.39, 0.29) is 0 Å². The zero-order valence-corrected chi connectivity index (χ0v) is 12.1. The Hall–Kier alpha value is -0.770. The Bertz CT molecular complexity index is 424. The lowest BCUT2D eigenvalue weighted by molar-refractivity contribution is 0.108. The molecule has 2 heterocycles. The minimum atomic E-state index is 0.796. The standard InChI is InChI=1S/C15H22ClN3/c16-13-3-1-4-14(11-13)17-6-8-18-9-10-19-7-2-5-15(19)12-18/h1,3-4,11,15,17H,2,5-10,12H2. The van der Waals surface area contributed by atoms with Crippen LogP contribution in [0.15, 0.2) is 24.3 Å². The number of hydrogen-bond donors (Lipinski definition) is 1. The summed E-state index contributed by atoms with van der Waals surface area (Å²) < 4.78 is 0. The Kier molecular flexibility index (Phi) is 4.26. The van der Waals surface area contributed by atoms with Gasteiger partial charge in [-0.3, -0.25) is 9.80 Å². The van der Waals surface area contributed by atoms with Gasteiger partial charge in [-0.05, 0) is 37.6 Å². The summed E-state index contributed by atoms with van der Waals surface area (Å²) in [6.07, 6.45) is 2.78. The fraction of sp³-hybridized carbons (Fsp3) is 0.600. The average molecular weight is 280 g/mol. The van der Waals surface area contributed by atoms with Crippen LogP contribution in [-0.2, 0) is 0 Å². The second-order valence-corrected chi connectivity index (χ2v) is 6.01. The Morgan fingerprint density at radius 1 is 1.26 bits per heavy atom. The van der Waals surface area contributed by atoms with E-state index in [0.29, 0.717) is 0 Å². The maximum absolute atomic E-state index is 5.98. The van der Waals surface area contributed by atoms with E-state index in [0.717, 1.165) is 29.8 Å². The summed E-state index contributed by atoms with van der Waals surface area (Å²) in [6, 6.07) is 8.77. The zero-order chi connectivity index (χ0) is 13.1. The molecule has 1 atom stereocenters. The van der Waals surface area contributed by atoms with Gasteiger partial charge in [-0.15, -0.1) is 0 Å². The van der Waals surface area contributed by atoms with Gasteiger partial charge in [0, 0.05) is 49.5 Å². The molecule has 0 aliphatic carbocycles. The molecule has 1 N–H and O–H groups in total. The number of hydrogen-bond acceptors (Lipinski definition) is 3. The van der Waals surface area contributed by atoms with Crippen LogP contribution < -0.4 is 5.32 Å². The molecule has 2 fully saturated rings. The number of nitrogens with one attached hydrogen (secondary N) is 1. The Morgan fingerprint density at radius 3 is 3.11 bits per heavy atom. The van der Waals surface area contributed by atoms with E-state index in [1.54, 1.807) is 0 Å². The summed E-state index contributed by atoms with van der Waals surface area (Å²) in [7, 11) is 0. The molecule has 0 radical (unpaired) electrons. The molecule has 0 saturated carbocycles. The third-order valence-corrected chi connectivity index (χ3v) is 4.49. The molecule has 1 aromatic carbocycles. The molecule has 0 spiro atoms. The van der Waals surface area contributed by atoms with Gasteiger partial charge in [0.1, 0.15) is 0 Å². The van der Waals surface area contributed by atoms with Crippen molar-refractivity contribution in [3.63, 3.8) is 0 Å². The number of anilines is 1. The number of halogens is 1. The molecule has 104 valence electrons. The van der Waals surface area contributed by atoms with Crippen LogP contribution in [0.25, 0.3) is 0 Å². The fourth-order valence-electron chi connectivity index (χ4n) is 3.22. The van der Waals surface area contributed by atoms with Gasteiger partial charge in [-0.25, -0.2) is 0 Å². The summed E-state index contributed by atoms with van der Waals surface area (Å²) >= 11 is 5.98. The lowest BCUT2D eigenvalue weighted by Gasteiger charge is -2.37. The van der Waals surface area contributed by atoms with Crippen molar-refractivity contribution in [1.29, 1.82) is 0 Å². The van der Waals surface area contributed by atoms with Gasteiger partial charge < -0.3 is 5.32 Å². The number of rotatable bonds is 4. The number of nitrogens with zero attached hydrogens (tertiary/aromatic N) is 2. The zero-order valence-electron chi connectivity index (χ0n) is 11.3. The SMILES string of the molecule is Clc1cccc(NCCN2CCN3CCCC3C2)c1. The van der Waals surface area contributed by atoms with Gasteiger partial charge in [0.2, 0.25) is 0 Å². The monoisotopic (exact) mass is 279 g/mol. The number of piperazine rings is 1. The lowest BCUT2D eigenvalue weighted by Crippen LogP contribution is -2.51. The van der Waals surface area contributed by atoms with E-state index in [9.17, 15) is 0 Å². The van der Waals surface area contributed by atoms with Crippen LogP contribution in [-0.4, -0.2) is 55.1 Å². The maximum Gasteiger partial charge on any atom is 0.0426 e. The second-order valence-electron chi connectivity index (χ2n) is 5.57. The van der Waals surface area contributed by atoms with Crippen molar-refractivity contribution < 1.29 is 0 Å². The molecule has 1 unspecified atom stereocenters. The van der Waals surface area contributed by atoms with E-state index >= 15 is 0 Å². The van der Waals surface area contributed by atoms with Gasteiger partial charge in [0.15, 0.2) is 0 Å². The summed E-state index contributed by atoms with van der Waals surface area (Å²) in [5.74, 6) is 0. The first-order valence-corrected chi connectivity index (χ1v) is 7.65. The van der Waals surface area contributed by atoms with Crippen LogP contribution >= 0.6 is 11.6 Å². The van der Waals surface area contributed by atoms with Crippen molar-refractivity contribution in [2.45, 2.75) is 18.9 Å². The highest BCUT2D eigenvalue weighted by Gasteiger charge is 2.29. The quantitative estimate of drug-likeness (QED) is 0.914. The van der Waals surface area contributed by atoms with Crippen LogP contribution in [0.4, 0.5) is 5.69 Å². The Morgan fingerprint density at radius 2 is 2.21 bits per heavy atom. The molecule has 0 bridgehead atoms. The topological polar surface area (TPSA) is 18.5 Å². The third kappa shape index (κ3) is 3.41. The van der Waals surface area contributed by atoms with E-state index in [4.69, 9.17) is 11.6 Å². The van der Waals surface area contributed by atoms with E-state index < -0.39 is 0 Å². The van der Waals surface area contributed by atoms with Crippen molar-refractivity contribution >= 4 is 17.3 Å². The van der Waals surface area contributed by atoms with Crippen molar-refractivity contribution in [3.8, 4) is 0 Å². The minimum absolute atomic E-state index is 0.796. The molecule has 4 heteroatoms. The second kappa shape index (κ2) is 6.12. The first-order chi connectivity index (χ1) is 9.31. The highest BCUT2D eigenvalue weighted by atomic mass is 35.5.